The average Bonchev–Trinajstić information content (AvgIpc) is 3.50. The van der Waals surface area contributed by atoms with Gasteiger partial charge in [-0.15, -0.1) is 0 Å². The van der Waals surface area contributed by atoms with Crippen LogP contribution in [-0.2, 0) is 22.6 Å². The molecule has 7 nitrogen and oxygen atoms in total. The minimum Gasteiger partial charge on any atom is -0.338 e. The Bertz CT molecular complexity index is 885. The molecule has 4 aliphatic rings. The Kier molecular flexibility index (Phi) is 5.37. The summed E-state index contributed by atoms with van der Waals surface area (Å²) in [5, 5.41) is 0. The lowest BCUT2D eigenvalue weighted by Gasteiger charge is -2.36. The van der Waals surface area contributed by atoms with E-state index in [-0.39, 0.29) is 29.3 Å². The summed E-state index contributed by atoms with van der Waals surface area (Å²) in [5.74, 6) is 1.72. The molecule has 2 saturated carbocycles. The quantitative estimate of drug-likeness (QED) is 0.824. The Morgan fingerprint density at radius 1 is 1.00 bits per heavy atom. The van der Waals surface area contributed by atoms with Crippen LogP contribution in [0.5, 0.6) is 0 Å². The molecule has 1 atom stereocenters. The van der Waals surface area contributed by atoms with Gasteiger partial charge in [0.1, 0.15) is 5.82 Å². The van der Waals surface area contributed by atoms with Crippen LogP contribution in [0.3, 0.4) is 0 Å². The number of amides is 2. The smallest absolute Gasteiger partial charge is 0.256 e. The highest BCUT2D eigenvalue weighted by atomic mass is 16.2. The van der Waals surface area contributed by atoms with Crippen LogP contribution < -0.4 is 5.56 Å². The molecule has 0 bridgehead atoms. The van der Waals surface area contributed by atoms with Crippen molar-refractivity contribution in [2.75, 3.05) is 13.1 Å². The fourth-order valence-electron chi connectivity index (χ4n) is 5.45. The largest absolute Gasteiger partial charge is 0.338 e. The van der Waals surface area contributed by atoms with Crippen LogP contribution in [0, 0.1) is 11.8 Å². The van der Waals surface area contributed by atoms with E-state index in [1.165, 1.54) is 12.8 Å². The van der Waals surface area contributed by atoms with Crippen LogP contribution in [0.1, 0.15) is 87.3 Å². The number of carbonyl (C=O) groups excluding carboxylic acids is 2. The normalized spacial score (nSPS) is 24.7. The van der Waals surface area contributed by atoms with Gasteiger partial charge in [-0.25, -0.2) is 4.98 Å². The van der Waals surface area contributed by atoms with E-state index in [1.54, 1.807) is 0 Å². The molecule has 1 aromatic rings. The zero-order chi connectivity index (χ0) is 20.7. The van der Waals surface area contributed by atoms with E-state index in [0.717, 1.165) is 57.2 Å². The van der Waals surface area contributed by atoms with Gasteiger partial charge in [0.2, 0.25) is 11.8 Å². The molecule has 2 aliphatic heterocycles. The zero-order valence-corrected chi connectivity index (χ0v) is 17.7. The SMILES string of the molecule is O=C(CC1CCCC1)N1CCc2nc([C@@H]3CCCCN3C(=O)C3CC3)[nH]c(=O)c2C1. The second kappa shape index (κ2) is 8.16. The van der Waals surface area contributed by atoms with Gasteiger partial charge in [0.15, 0.2) is 0 Å². The number of nitrogens with zero attached hydrogens (tertiary/aromatic N) is 3. The van der Waals surface area contributed by atoms with Crippen molar-refractivity contribution in [2.45, 2.75) is 83.2 Å². The molecule has 30 heavy (non-hydrogen) atoms. The molecule has 1 N–H and O–H groups in total. The first-order chi connectivity index (χ1) is 14.6. The van der Waals surface area contributed by atoms with Gasteiger partial charge in [0.25, 0.3) is 5.56 Å². The second-order valence-corrected chi connectivity index (χ2v) is 9.61. The van der Waals surface area contributed by atoms with E-state index in [0.29, 0.717) is 43.2 Å². The first-order valence-corrected chi connectivity index (χ1v) is 11.8. The van der Waals surface area contributed by atoms with Gasteiger partial charge < -0.3 is 14.8 Å². The minimum absolute atomic E-state index is 0.119. The predicted molar refractivity (Wildman–Crippen MR) is 112 cm³/mol. The molecule has 0 unspecified atom stereocenters. The number of hydrogen-bond acceptors (Lipinski definition) is 4. The third-order valence-electron chi connectivity index (χ3n) is 7.41. The molecular formula is C23H32N4O3. The van der Waals surface area contributed by atoms with Crippen LogP contribution in [0.4, 0.5) is 0 Å². The number of likely N-dealkylation sites (tertiary alicyclic amines) is 1. The zero-order valence-electron chi connectivity index (χ0n) is 17.7. The highest BCUT2D eigenvalue weighted by Crippen LogP contribution is 2.37. The van der Waals surface area contributed by atoms with Gasteiger partial charge in [0, 0.05) is 31.8 Å². The van der Waals surface area contributed by atoms with Crippen molar-refractivity contribution in [3.05, 3.63) is 27.4 Å². The molecule has 0 aromatic carbocycles. The van der Waals surface area contributed by atoms with Crippen LogP contribution in [-0.4, -0.2) is 44.7 Å². The van der Waals surface area contributed by atoms with E-state index < -0.39 is 0 Å². The van der Waals surface area contributed by atoms with Crippen molar-refractivity contribution in [3.63, 3.8) is 0 Å². The van der Waals surface area contributed by atoms with Gasteiger partial charge >= 0.3 is 0 Å². The molecule has 7 heteroatoms. The molecule has 162 valence electrons. The first kappa shape index (κ1) is 19.8. The van der Waals surface area contributed by atoms with Crippen molar-refractivity contribution in [1.82, 2.24) is 19.8 Å². The maximum absolute atomic E-state index is 12.9. The lowest BCUT2D eigenvalue weighted by molar-refractivity contribution is -0.136. The van der Waals surface area contributed by atoms with E-state index in [4.69, 9.17) is 4.98 Å². The summed E-state index contributed by atoms with van der Waals surface area (Å²) >= 11 is 0. The lowest BCUT2D eigenvalue weighted by Crippen LogP contribution is -2.43. The summed E-state index contributed by atoms with van der Waals surface area (Å²) in [5.41, 5.74) is 1.29. The summed E-state index contributed by atoms with van der Waals surface area (Å²) in [6.07, 6.45) is 10.9. The Hall–Kier alpha value is -2.18. The maximum Gasteiger partial charge on any atom is 0.256 e. The molecule has 0 spiro atoms. The Morgan fingerprint density at radius 3 is 2.53 bits per heavy atom. The average molecular weight is 413 g/mol. The summed E-state index contributed by atoms with van der Waals surface area (Å²) in [4.78, 5) is 50.0. The minimum atomic E-state index is -0.141. The standard InChI is InChI=1S/C23H32N4O3/c28-20(13-15-5-1-2-6-15)26-12-10-18-17(14-26)22(29)25-21(24-18)19-7-3-4-11-27(19)23(30)16-8-9-16/h15-16,19H,1-14H2,(H,24,25,29)/t19-/m0/s1. The molecule has 1 saturated heterocycles. The van der Waals surface area contributed by atoms with Crippen molar-refractivity contribution in [2.24, 2.45) is 11.8 Å². The molecule has 0 radical (unpaired) electrons. The van der Waals surface area contributed by atoms with Gasteiger partial charge in [-0.2, -0.15) is 0 Å². The van der Waals surface area contributed by atoms with Gasteiger partial charge in [0.05, 0.1) is 23.8 Å². The number of fused-ring (bicyclic) bond motifs is 1. The van der Waals surface area contributed by atoms with E-state index in [1.807, 2.05) is 9.80 Å². The molecule has 1 aromatic heterocycles. The number of rotatable bonds is 4. The van der Waals surface area contributed by atoms with Gasteiger partial charge in [-0.1, -0.05) is 12.8 Å². The van der Waals surface area contributed by atoms with Crippen LogP contribution in [0.25, 0.3) is 0 Å². The van der Waals surface area contributed by atoms with Crippen molar-refractivity contribution in [3.8, 4) is 0 Å². The van der Waals surface area contributed by atoms with Gasteiger partial charge in [-0.05, 0) is 50.9 Å². The summed E-state index contributed by atoms with van der Waals surface area (Å²) in [7, 11) is 0. The van der Waals surface area contributed by atoms with Crippen LogP contribution in [0.15, 0.2) is 4.79 Å². The highest BCUT2D eigenvalue weighted by Gasteiger charge is 2.39. The van der Waals surface area contributed by atoms with E-state index in [9.17, 15) is 14.4 Å². The van der Waals surface area contributed by atoms with Crippen molar-refractivity contribution in [1.29, 1.82) is 0 Å². The number of aromatic nitrogens is 2. The summed E-state index contributed by atoms with van der Waals surface area (Å²) in [6, 6.07) is -0.119. The first-order valence-electron chi connectivity index (χ1n) is 11.8. The fourth-order valence-corrected chi connectivity index (χ4v) is 5.45. The molecule has 2 aliphatic carbocycles. The second-order valence-electron chi connectivity index (χ2n) is 9.61. The number of piperidine rings is 1. The molecule has 3 fully saturated rings. The Labute approximate surface area is 177 Å². The van der Waals surface area contributed by atoms with E-state index >= 15 is 0 Å². The number of carbonyl (C=O) groups is 2. The van der Waals surface area contributed by atoms with Crippen LogP contribution in [0.2, 0.25) is 0 Å². The fraction of sp³-hybridized carbons (Fsp3) is 0.739. The summed E-state index contributed by atoms with van der Waals surface area (Å²) < 4.78 is 0. The predicted octanol–water partition coefficient (Wildman–Crippen LogP) is 2.70. The number of nitrogens with one attached hydrogen (secondary N) is 1. The lowest BCUT2D eigenvalue weighted by atomic mass is 9.99. The Balaban J connectivity index is 1.33. The highest BCUT2D eigenvalue weighted by molar-refractivity contribution is 5.81. The van der Waals surface area contributed by atoms with E-state index in [2.05, 4.69) is 4.98 Å². The summed E-state index contributed by atoms with van der Waals surface area (Å²) in [6.45, 7) is 1.74. The van der Waals surface area contributed by atoms with Crippen molar-refractivity contribution < 1.29 is 9.59 Å². The molecule has 2 amide bonds. The maximum atomic E-state index is 12.9. The third-order valence-corrected chi connectivity index (χ3v) is 7.41. The number of H-pyrrole nitrogens is 1. The van der Waals surface area contributed by atoms with Gasteiger partial charge in [-0.3, -0.25) is 14.4 Å². The third kappa shape index (κ3) is 3.91. The van der Waals surface area contributed by atoms with Crippen molar-refractivity contribution >= 4 is 11.8 Å². The molecule has 5 rings (SSSR count). The molecular weight excluding hydrogens is 380 g/mol. The monoisotopic (exact) mass is 412 g/mol. The Morgan fingerprint density at radius 2 is 1.77 bits per heavy atom. The van der Waals surface area contributed by atoms with Crippen LogP contribution >= 0.6 is 0 Å². The molecule has 3 heterocycles. The number of hydrogen-bond donors (Lipinski definition) is 1. The number of aromatic amines is 1. The topological polar surface area (TPSA) is 86.4 Å².